The quantitative estimate of drug-likeness (QED) is 0.718. The van der Waals surface area contributed by atoms with Gasteiger partial charge in [0.25, 0.3) is 5.56 Å². The lowest BCUT2D eigenvalue weighted by molar-refractivity contribution is 0.198. The number of para-hydroxylation sites is 2. The molecule has 1 atom stereocenters. The van der Waals surface area contributed by atoms with Gasteiger partial charge in [-0.2, -0.15) is 0 Å². The Hall–Kier alpha value is -3.15. The second-order valence-electron chi connectivity index (χ2n) is 6.82. The molecule has 0 radical (unpaired) electrons. The van der Waals surface area contributed by atoms with E-state index in [1.54, 1.807) is 22.6 Å². The number of rotatable bonds is 5. The lowest BCUT2D eigenvalue weighted by Gasteiger charge is -2.29. The maximum absolute atomic E-state index is 12.9. The van der Waals surface area contributed by atoms with Crippen LogP contribution in [-0.4, -0.2) is 27.5 Å². The van der Waals surface area contributed by atoms with Gasteiger partial charge < -0.3 is 10.2 Å². The maximum atomic E-state index is 12.9. The summed E-state index contributed by atoms with van der Waals surface area (Å²) in [4.78, 5) is 32.2. The lowest BCUT2D eigenvalue weighted by atomic mass is 10.1. The van der Waals surface area contributed by atoms with Gasteiger partial charge in [0.1, 0.15) is 5.82 Å². The molecule has 0 saturated carbocycles. The van der Waals surface area contributed by atoms with Crippen LogP contribution in [0.5, 0.6) is 0 Å². The van der Waals surface area contributed by atoms with Crippen molar-refractivity contribution in [1.82, 2.24) is 14.5 Å². The Morgan fingerprint density at radius 1 is 1.14 bits per heavy atom. The molecule has 3 aromatic rings. The monoisotopic (exact) mass is 378 g/mol. The maximum Gasteiger partial charge on any atom is 0.322 e. The summed E-state index contributed by atoms with van der Waals surface area (Å²) in [7, 11) is 1.74. The number of aromatic nitrogens is 2. The number of hydrogen-bond donors (Lipinski definition) is 1. The van der Waals surface area contributed by atoms with Crippen molar-refractivity contribution in [2.24, 2.45) is 0 Å². The van der Waals surface area contributed by atoms with Crippen LogP contribution in [0.15, 0.2) is 53.3 Å². The van der Waals surface area contributed by atoms with E-state index < -0.39 is 0 Å². The van der Waals surface area contributed by atoms with E-state index in [1.165, 1.54) is 0 Å². The first-order valence-electron chi connectivity index (χ1n) is 9.56. The molecule has 0 spiro atoms. The third kappa shape index (κ3) is 3.63. The summed E-state index contributed by atoms with van der Waals surface area (Å²) in [5, 5.41) is 3.55. The summed E-state index contributed by atoms with van der Waals surface area (Å²) in [6, 6.07) is 14.4. The zero-order valence-corrected chi connectivity index (χ0v) is 16.8. The van der Waals surface area contributed by atoms with Crippen LogP contribution < -0.4 is 10.9 Å². The number of nitrogens with zero attached hydrogens (tertiary/aromatic N) is 3. The molecule has 0 bridgehead atoms. The van der Waals surface area contributed by atoms with Crippen molar-refractivity contribution in [2.75, 3.05) is 12.4 Å². The van der Waals surface area contributed by atoms with E-state index in [4.69, 9.17) is 4.98 Å². The molecule has 1 aromatic heterocycles. The van der Waals surface area contributed by atoms with Crippen molar-refractivity contribution in [3.8, 4) is 0 Å². The van der Waals surface area contributed by atoms with Gasteiger partial charge in [-0.1, -0.05) is 37.3 Å². The summed E-state index contributed by atoms with van der Waals surface area (Å²) in [6.45, 7) is 6.35. The Morgan fingerprint density at radius 3 is 2.50 bits per heavy atom. The molecule has 1 heterocycles. The van der Waals surface area contributed by atoms with Crippen LogP contribution in [0.3, 0.4) is 0 Å². The molecular weight excluding hydrogens is 352 g/mol. The second-order valence-corrected chi connectivity index (χ2v) is 6.82. The number of nitrogens with one attached hydrogen (secondary N) is 1. The number of carbonyl (C=O) groups is 1. The number of urea groups is 1. The number of carbonyl (C=O) groups excluding carboxylic acids is 1. The SMILES string of the molecule is CCC(c1nc2ccccc2c(=O)n1CC)N(C)C(=O)Nc1ccccc1C. The van der Waals surface area contributed by atoms with E-state index >= 15 is 0 Å². The second kappa shape index (κ2) is 8.25. The smallest absolute Gasteiger partial charge is 0.317 e. The van der Waals surface area contributed by atoms with Gasteiger partial charge in [-0.25, -0.2) is 9.78 Å². The zero-order valence-electron chi connectivity index (χ0n) is 16.8. The minimum Gasteiger partial charge on any atom is -0.317 e. The Morgan fingerprint density at radius 2 is 1.82 bits per heavy atom. The van der Waals surface area contributed by atoms with Gasteiger partial charge in [0.15, 0.2) is 0 Å². The average molecular weight is 378 g/mol. The van der Waals surface area contributed by atoms with E-state index in [-0.39, 0.29) is 17.6 Å². The Labute approximate surface area is 164 Å². The minimum absolute atomic E-state index is 0.0748. The third-order valence-electron chi connectivity index (χ3n) is 5.07. The average Bonchev–Trinajstić information content (AvgIpc) is 2.70. The summed E-state index contributed by atoms with van der Waals surface area (Å²) < 4.78 is 1.66. The van der Waals surface area contributed by atoms with Gasteiger partial charge >= 0.3 is 6.03 Å². The van der Waals surface area contributed by atoms with Crippen LogP contribution in [0.25, 0.3) is 10.9 Å². The molecule has 0 fully saturated rings. The van der Waals surface area contributed by atoms with Crippen LogP contribution in [0.2, 0.25) is 0 Å². The van der Waals surface area contributed by atoms with Gasteiger partial charge in [-0.15, -0.1) is 0 Å². The summed E-state index contributed by atoms with van der Waals surface area (Å²) in [5.41, 5.74) is 2.34. The molecule has 28 heavy (non-hydrogen) atoms. The van der Waals surface area contributed by atoms with Gasteiger partial charge in [0, 0.05) is 19.3 Å². The molecule has 6 heteroatoms. The largest absolute Gasteiger partial charge is 0.322 e. The fourth-order valence-electron chi connectivity index (χ4n) is 3.43. The standard InChI is InChI=1S/C22H26N4O2/c1-5-19(25(4)22(28)24-17-13-9-7-11-15(17)3)20-23-18-14-10-8-12-16(18)21(27)26(20)6-2/h7-14,19H,5-6H2,1-4H3,(H,24,28). The van der Waals surface area contributed by atoms with Crippen molar-refractivity contribution in [3.63, 3.8) is 0 Å². The molecule has 1 N–H and O–H groups in total. The predicted molar refractivity (Wildman–Crippen MR) is 113 cm³/mol. The Bertz CT molecular complexity index is 1060. The van der Waals surface area contributed by atoms with E-state index in [2.05, 4.69) is 5.32 Å². The van der Waals surface area contributed by atoms with Gasteiger partial charge in [-0.05, 0) is 44.0 Å². The van der Waals surface area contributed by atoms with Crippen molar-refractivity contribution < 1.29 is 4.79 Å². The molecule has 0 aliphatic carbocycles. The van der Waals surface area contributed by atoms with E-state index in [0.29, 0.717) is 29.7 Å². The first kappa shape index (κ1) is 19.6. The fourth-order valence-corrected chi connectivity index (χ4v) is 3.43. The van der Waals surface area contributed by atoms with Crippen molar-refractivity contribution >= 4 is 22.6 Å². The third-order valence-corrected chi connectivity index (χ3v) is 5.07. The number of benzene rings is 2. The first-order valence-corrected chi connectivity index (χ1v) is 9.56. The highest BCUT2D eigenvalue weighted by Crippen LogP contribution is 2.24. The number of anilines is 1. The zero-order chi connectivity index (χ0) is 20.3. The lowest BCUT2D eigenvalue weighted by Crippen LogP contribution is -2.38. The molecular formula is C22H26N4O2. The summed E-state index contributed by atoms with van der Waals surface area (Å²) in [6.07, 6.45) is 0.641. The first-order chi connectivity index (χ1) is 13.5. The number of hydrogen-bond acceptors (Lipinski definition) is 3. The molecule has 0 aliphatic rings. The van der Waals surface area contributed by atoms with Crippen LogP contribution in [0.1, 0.15) is 37.7 Å². The van der Waals surface area contributed by atoms with Crippen LogP contribution in [-0.2, 0) is 6.54 Å². The van der Waals surface area contributed by atoms with E-state index in [9.17, 15) is 9.59 Å². The van der Waals surface area contributed by atoms with Crippen LogP contribution in [0.4, 0.5) is 10.5 Å². The Balaban J connectivity index is 1.99. The fraction of sp³-hybridized carbons (Fsp3) is 0.318. The van der Waals surface area contributed by atoms with Gasteiger partial charge in [0.05, 0.1) is 16.9 Å². The molecule has 146 valence electrons. The van der Waals surface area contributed by atoms with Crippen molar-refractivity contribution in [3.05, 3.63) is 70.3 Å². The van der Waals surface area contributed by atoms with Gasteiger partial charge in [0.2, 0.25) is 0 Å². The highest BCUT2D eigenvalue weighted by molar-refractivity contribution is 5.90. The van der Waals surface area contributed by atoms with Crippen molar-refractivity contribution in [2.45, 2.75) is 39.8 Å². The molecule has 2 aromatic carbocycles. The number of amides is 2. The predicted octanol–water partition coefficient (Wildman–Crippen LogP) is 4.34. The molecule has 6 nitrogen and oxygen atoms in total. The number of aryl methyl sites for hydroxylation is 1. The Kier molecular flexibility index (Phi) is 5.78. The highest BCUT2D eigenvalue weighted by atomic mass is 16.2. The van der Waals surface area contributed by atoms with E-state index in [1.807, 2.05) is 63.2 Å². The normalized spacial score (nSPS) is 12.0. The van der Waals surface area contributed by atoms with Crippen molar-refractivity contribution in [1.29, 1.82) is 0 Å². The van der Waals surface area contributed by atoms with Crippen LogP contribution >= 0.6 is 0 Å². The summed E-state index contributed by atoms with van der Waals surface area (Å²) >= 11 is 0. The topological polar surface area (TPSA) is 67.2 Å². The van der Waals surface area contributed by atoms with Gasteiger partial charge in [-0.3, -0.25) is 9.36 Å². The number of fused-ring (bicyclic) bond motifs is 1. The van der Waals surface area contributed by atoms with E-state index in [0.717, 1.165) is 11.3 Å². The molecule has 2 amide bonds. The highest BCUT2D eigenvalue weighted by Gasteiger charge is 2.25. The molecule has 0 saturated heterocycles. The minimum atomic E-state index is -0.318. The summed E-state index contributed by atoms with van der Waals surface area (Å²) in [5.74, 6) is 0.608. The molecule has 3 rings (SSSR count). The molecule has 0 aliphatic heterocycles. The van der Waals surface area contributed by atoms with Crippen LogP contribution in [0, 0.1) is 6.92 Å². The molecule has 1 unspecified atom stereocenters.